The highest BCUT2D eigenvalue weighted by Crippen LogP contribution is 2.27. The van der Waals surface area contributed by atoms with Gasteiger partial charge in [-0.2, -0.15) is 0 Å². The number of rotatable bonds is 7. The summed E-state index contributed by atoms with van der Waals surface area (Å²) in [5.41, 5.74) is 4.87. The minimum Gasteiger partial charge on any atom is -0.482 e. The smallest absolute Gasteiger partial charge is 0.344 e. The van der Waals surface area contributed by atoms with Gasteiger partial charge in [0.05, 0.1) is 0 Å². The highest BCUT2D eigenvalue weighted by Gasteiger charge is 2.12. The maximum absolute atomic E-state index is 12.0. The van der Waals surface area contributed by atoms with Gasteiger partial charge in [0.25, 0.3) is 5.91 Å². The van der Waals surface area contributed by atoms with Gasteiger partial charge in [-0.3, -0.25) is 4.79 Å². The molecule has 0 aliphatic carbocycles. The van der Waals surface area contributed by atoms with Crippen LogP contribution in [0.15, 0.2) is 36.4 Å². The van der Waals surface area contributed by atoms with E-state index in [9.17, 15) is 9.59 Å². The predicted octanol–water partition coefficient (Wildman–Crippen LogP) is 4.30. The average molecular weight is 369 g/mol. The Hall–Kier alpha value is -2.82. The van der Waals surface area contributed by atoms with Crippen LogP contribution in [0.5, 0.6) is 5.75 Å². The topological polar surface area (TPSA) is 64.6 Å². The molecule has 2 rings (SSSR count). The van der Waals surface area contributed by atoms with Crippen LogP contribution in [0.25, 0.3) is 0 Å². The second-order valence-electron chi connectivity index (χ2n) is 7.07. The van der Waals surface area contributed by atoms with E-state index >= 15 is 0 Å². The van der Waals surface area contributed by atoms with E-state index in [1.54, 1.807) is 0 Å². The van der Waals surface area contributed by atoms with Crippen LogP contribution in [0.4, 0.5) is 5.69 Å². The van der Waals surface area contributed by atoms with Crippen LogP contribution >= 0.6 is 0 Å². The van der Waals surface area contributed by atoms with Crippen molar-refractivity contribution in [3.63, 3.8) is 0 Å². The van der Waals surface area contributed by atoms with Crippen molar-refractivity contribution in [2.75, 3.05) is 18.5 Å². The molecule has 144 valence electrons. The molecule has 1 N–H and O–H groups in total. The monoisotopic (exact) mass is 369 g/mol. The Balaban J connectivity index is 1.84. The van der Waals surface area contributed by atoms with Crippen LogP contribution in [-0.4, -0.2) is 25.1 Å². The van der Waals surface area contributed by atoms with E-state index in [1.807, 2.05) is 57.2 Å². The molecule has 2 aromatic carbocycles. The average Bonchev–Trinajstić information content (AvgIpc) is 2.57. The van der Waals surface area contributed by atoms with Crippen molar-refractivity contribution in [3.8, 4) is 5.75 Å². The molecule has 0 aliphatic rings. The van der Waals surface area contributed by atoms with Gasteiger partial charge >= 0.3 is 5.97 Å². The molecule has 0 heterocycles. The predicted molar refractivity (Wildman–Crippen MR) is 106 cm³/mol. The first-order valence-corrected chi connectivity index (χ1v) is 9.01. The first kappa shape index (κ1) is 20.5. The van der Waals surface area contributed by atoms with Gasteiger partial charge in [-0.05, 0) is 67.1 Å². The molecule has 0 atom stereocenters. The fourth-order valence-electron chi connectivity index (χ4n) is 2.81. The van der Waals surface area contributed by atoms with Crippen LogP contribution in [0.2, 0.25) is 0 Å². The van der Waals surface area contributed by atoms with Crippen LogP contribution in [0, 0.1) is 20.8 Å². The zero-order valence-electron chi connectivity index (χ0n) is 16.6. The molecule has 0 saturated carbocycles. The molecule has 0 radical (unpaired) electrons. The van der Waals surface area contributed by atoms with E-state index in [0.717, 1.165) is 22.3 Å². The fraction of sp³-hybridized carbons (Fsp3) is 0.364. The Labute approximate surface area is 160 Å². The number of anilines is 1. The van der Waals surface area contributed by atoms with E-state index in [2.05, 4.69) is 19.2 Å². The van der Waals surface area contributed by atoms with Crippen molar-refractivity contribution in [1.29, 1.82) is 0 Å². The molecule has 5 nitrogen and oxygen atoms in total. The molecular formula is C22H27NO4. The van der Waals surface area contributed by atoms with Crippen LogP contribution in [0.1, 0.15) is 42.0 Å². The largest absolute Gasteiger partial charge is 0.482 e. The van der Waals surface area contributed by atoms with Gasteiger partial charge in [-0.1, -0.05) is 32.0 Å². The number of ether oxygens (including phenoxy) is 2. The number of carbonyl (C=O) groups is 2. The zero-order valence-corrected chi connectivity index (χ0v) is 16.6. The quantitative estimate of drug-likeness (QED) is 0.739. The number of esters is 1. The summed E-state index contributed by atoms with van der Waals surface area (Å²) in [5, 5.41) is 2.73. The molecule has 27 heavy (non-hydrogen) atoms. The molecule has 2 aromatic rings. The molecule has 0 saturated heterocycles. The van der Waals surface area contributed by atoms with Gasteiger partial charge in [0.15, 0.2) is 13.2 Å². The molecule has 0 spiro atoms. The lowest BCUT2D eigenvalue weighted by Gasteiger charge is -2.14. The van der Waals surface area contributed by atoms with Gasteiger partial charge in [0, 0.05) is 5.69 Å². The third-order valence-corrected chi connectivity index (χ3v) is 4.01. The maximum Gasteiger partial charge on any atom is 0.344 e. The van der Waals surface area contributed by atoms with Gasteiger partial charge in [-0.25, -0.2) is 4.79 Å². The van der Waals surface area contributed by atoms with Crippen LogP contribution in [-0.2, 0) is 14.3 Å². The van der Waals surface area contributed by atoms with Gasteiger partial charge in [0.2, 0.25) is 0 Å². The fourth-order valence-corrected chi connectivity index (χ4v) is 2.81. The number of nitrogens with one attached hydrogen (secondary N) is 1. The molecule has 0 unspecified atom stereocenters. The lowest BCUT2D eigenvalue weighted by Crippen LogP contribution is -2.24. The van der Waals surface area contributed by atoms with Crippen LogP contribution in [0.3, 0.4) is 0 Å². The number of amides is 1. The number of hydrogen-bond acceptors (Lipinski definition) is 4. The second-order valence-corrected chi connectivity index (χ2v) is 7.07. The molecular weight excluding hydrogens is 342 g/mol. The molecule has 0 bridgehead atoms. The van der Waals surface area contributed by atoms with E-state index in [1.165, 1.54) is 0 Å². The summed E-state index contributed by atoms with van der Waals surface area (Å²) >= 11 is 0. The summed E-state index contributed by atoms with van der Waals surface area (Å²) in [6.07, 6.45) is 0. The lowest BCUT2D eigenvalue weighted by molar-refractivity contribution is -0.149. The first-order chi connectivity index (χ1) is 12.7. The Bertz CT molecular complexity index is 807. The van der Waals surface area contributed by atoms with E-state index in [0.29, 0.717) is 11.4 Å². The van der Waals surface area contributed by atoms with Gasteiger partial charge in [-0.15, -0.1) is 0 Å². The highest BCUT2D eigenvalue weighted by molar-refractivity contribution is 5.93. The summed E-state index contributed by atoms with van der Waals surface area (Å²) in [6, 6.07) is 11.6. The number of hydrogen-bond donors (Lipinski definition) is 1. The molecule has 0 aromatic heterocycles. The second kappa shape index (κ2) is 9.21. The van der Waals surface area contributed by atoms with E-state index < -0.39 is 5.97 Å². The first-order valence-electron chi connectivity index (χ1n) is 9.01. The molecule has 5 heteroatoms. The minimum absolute atomic E-state index is 0.236. The Morgan fingerprint density at radius 1 is 0.926 bits per heavy atom. The summed E-state index contributed by atoms with van der Waals surface area (Å²) in [4.78, 5) is 23.9. The third kappa shape index (κ3) is 6.44. The Kier molecular flexibility index (Phi) is 6.99. The third-order valence-electron chi connectivity index (χ3n) is 4.01. The SMILES string of the molecule is Cc1cc(C)cc(NC(=O)COC(=O)COc2cc(C)ccc2C(C)C)c1. The van der Waals surface area contributed by atoms with E-state index in [-0.39, 0.29) is 25.0 Å². The normalized spacial score (nSPS) is 10.6. The molecule has 1 amide bonds. The van der Waals surface area contributed by atoms with E-state index in [4.69, 9.17) is 9.47 Å². The van der Waals surface area contributed by atoms with Gasteiger partial charge < -0.3 is 14.8 Å². The Morgan fingerprint density at radius 3 is 2.22 bits per heavy atom. The summed E-state index contributed by atoms with van der Waals surface area (Å²) in [7, 11) is 0. The summed E-state index contributed by atoms with van der Waals surface area (Å²) in [6.45, 7) is 9.42. The van der Waals surface area contributed by atoms with Crippen molar-refractivity contribution < 1.29 is 19.1 Å². The minimum atomic E-state index is -0.582. The van der Waals surface area contributed by atoms with Gasteiger partial charge in [0.1, 0.15) is 5.75 Å². The number of benzene rings is 2. The molecule has 0 fully saturated rings. The van der Waals surface area contributed by atoms with Crippen molar-refractivity contribution in [3.05, 3.63) is 58.7 Å². The van der Waals surface area contributed by atoms with Crippen molar-refractivity contribution >= 4 is 17.6 Å². The standard InChI is InChI=1S/C22H27NO4/c1-14(2)19-7-6-15(3)11-20(19)26-13-22(25)27-12-21(24)23-18-9-16(4)8-17(5)10-18/h6-11,14H,12-13H2,1-5H3,(H,23,24). The zero-order chi connectivity index (χ0) is 20.0. The lowest BCUT2D eigenvalue weighted by atomic mass is 10.0. The van der Waals surface area contributed by atoms with Crippen molar-refractivity contribution in [1.82, 2.24) is 0 Å². The van der Waals surface area contributed by atoms with Crippen molar-refractivity contribution in [2.45, 2.75) is 40.5 Å². The molecule has 0 aliphatic heterocycles. The number of carbonyl (C=O) groups excluding carboxylic acids is 2. The highest BCUT2D eigenvalue weighted by atomic mass is 16.6. The summed E-state index contributed by atoms with van der Waals surface area (Å²) < 4.78 is 10.6. The summed E-state index contributed by atoms with van der Waals surface area (Å²) in [5.74, 6) is -0.0182. The maximum atomic E-state index is 12.0. The number of aryl methyl sites for hydroxylation is 3. The van der Waals surface area contributed by atoms with Crippen molar-refractivity contribution in [2.24, 2.45) is 0 Å². The van der Waals surface area contributed by atoms with Crippen LogP contribution < -0.4 is 10.1 Å². The Morgan fingerprint density at radius 2 is 1.59 bits per heavy atom.